The fourth-order valence-corrected chi connectivity index (χ4v) is 4.83. The number of hydrogen-bond acceptors (Lipinski definition) is 1. The Bertz CT molecular complexity index is 396. The second-order valence-corrected chi connectivity index (χ2v) is 6.72. The van der Waals surface area contributed by atoms with E-state index in [2.05, 4.69) is 36.1 Å². The topological polar surface area (TPSA) is 3.24 Å². The van der Waals surface area contributed by atoms with Crippen LogP contribution in [0.15, 0.2) is 24.3 Å². The predicted molar refractivity (Wildman–Crippen MR) is 70.1 cm³/mol. The maximum atomic E-state index is 2.73. The van der Waals surface area contributed by atoms with Crippen molar-refractivity contribution in [2.24, 2.45) is 11.8 Å². The highest BCUT2D eigenvalue weighted by atomic mass is 15.2. The number of nitrogens with zero attached hydrogens (tertiary/aromatic N) is 1. The molecule has 1 nitrogen and oxygen atoms in total. The van der Waals surface area contributed by atoms with Crippen LogP contribution in [0.1, 0.15) is 30.4 Å². The van der Waals surface area contributed by atoms with Crippen molar-refractivity contribution in [3.63, 3.8) is 0 Å². The van der Waals surface area contributed by atoms with E-state index < -0.39 is 0 Å². The zero-order valence-corrected chi connectivity index (χ0v) is 10.7. The lowest BCUT2D eigenvalue weighted by atomic mass is 9.57. The second kappa shape index (κ2) is 3.35. The first-order chi connectivity index (χ1) is 8.23. The SMILES string of the molecule is Cc1ccc(C23CC4CC(CN(C4)C2)C3)cc1. The Hall–Kier alpha value is -0.820. The van der Waals surface area contributed by atoms with E-state index in [9.17, 15) is 0 Å². The lowest BCUT2D eigenvalue weighted by Gasteiger charge is -2.58. The zero-order valence-electron chi connectivity index (χ0n) is 10.7. The third kappa shape index (κ3) is 1.48. The van der Waals surface area contributed by atoms with Gasteiger partial charge in [0.15, 0.2) is 0 Å². The van der Waals surface area contributed by atoms with Gasteiger partial charge in [-0.15, -0.1) is 0 Å². The quantitative estimate of drug-likeness (QED) is 0.713. The lowest BCUT2D eigenvalue weighted by molar-refractivity contribution is -0.0381. The summed E-state index contributed by atoms with van der Waals surface area (Å²) in [5.41, 5.74) is 3.51. The fourth-order valence-electron chi connectivity index (χ4n) is 4.83. The molecular formula is C16H21N. The average Bonchev–Trinajstić information content (AvgIpc) is 2.27. The highest BCUT2D eigenvalue weighted by molar-refractivity contribution is 5.32. The van der Waals surface area contributed by atoms with Gasteiger partial charge in [-0.05, 0) is 43.6 Å². The molecule has 3 saturated heterocycles. The molecule has 3 aliphatic heterocycles. The van der Waals surface area contributed by atoms with Gasteiger partial charge in [-0.1, -0.05) is 29.8 Å². The number of rotatable bonds is 1. The van der Waals surface area contributed by atoms with Gasteiger partial charge in [0.2, 0.25) is 0 Å². The monoisotopic (exact) mass is 227 g/mol. The van der Waals surface area contributed by atoms with Gasteiger partial charge < -0.3 is 4.90 Å². The number of piperidine rings is 3. The minimum atomic E-state index is 0.512. The molecule has 0 amide bonds. The van der Waals surface area contributed by atoms with Crippen LogP contribution < -0.4 is 0 Å². The summed E-state index contributed by atoms with van der Waals surface area (Å²) in [4.78, 5) is 2.73. The Morgan fingerprint density at radius 3 is 2.29 bits per heavy atom. The van der Waals surface area contributed by atoms with Gasteiger partial charge in [-0.3, -0.25) is 0 Å². The smallest absolute Gasteiger partial charge is 0.00865 e. The van der Waals surface area contributed by atoms with Crippen LogP contribution in [0.4, 0.5) is 0 Å². The molecule has 90 valence electrons. The van der Waals surface area contributed by atoms with Crippen molar-refractivity contribution in [3.05, 3.63) is 35.4 Å². The molecule has 4 bridgehead atoms. The molecule has 2 unspecified atom stereocenters. The summed E-state index contributed by atoms with van der Waals surface area (Å²) in [7, 11) is 0. The van der Waals surface area contributed by atoms with Crippen LogP contribution in [0.25, 0.3) is 0 Å². The molecule has 1 aromatic rings. The van der Waals surface area contributed by atoms with Crippen LogP contribution in [0, 0.1) is 18.8 Å². The molecule has 3 heterocycles. The molecule has 17 heavy (non-hydrogen) atoms. The molecule has 4 aliphatic rings. The maximum Gasteiger partial charge on any atom is 0.00865 e. The predicted octanol–water partition coefficient (Wildman–Crippen LogP) is 2.98. The summed E-state index contributed by atoms with van der Waals surface area (Å²) in [6.45, 7) is 6.27. The van der Waals surface area contributed by atoms with E-state index in [-0.39, 0.29) is 0 Å². The van der Waals surface area contributed by atoms with E-state index in [0.29, 0.717) is 5.41 Å². The van der Waals surface area contributed by atoms with E-state index in [4.69, 9.17) is 0 Å². The van der Waals surface area contributed by atoms with E-state index in [1.54, 1.807) is 5.56 Å². The Balaban J connectivity index is 1.74. The summed E-state index contributed by atoms with van der Waals surface area (Å²) in [5, 5.41) is 0. The molecule has 1 aliphatic carbocycles. The van der Waals surface area contributed by atoms with E-state index >= 15 is 0 Å². The highest BCUT2D eigenvalue weighted by Gasteiger charge is 2.50. The van der Waals surface area contributed by atoms with E-state index in [0.717, 1.165) is 11.8 Å². The van der Waals surface area contributed by atoms with Gasteiger partial charge in [0.25, 0.3) is 0 Å². The number of benzene rings is 1. The Morgan fingerprint density at radius 2 is 1.71 bits per heavy atom. The third-order valence-corrected chi connectivity index (χ3v) is 5.25. The van der Waals surface area contributed by atoms with Gasteiger partial charge in [-0.2, -0.15) is 0 Å². The normalized spacial score (nSPS) is 43.0. The van der Waals surface area contributed by atoms with Crippen LogP contribution in [0.3, 0.4) is 0 Å². The van der Waals surface area contributed by atoms with E-state index in [1.807, 2.05) is 0 Å². The first kappa shape index (κ1) is 10.1. The molecule has 0 radical (unpaired) electrons. The van der Waals surface area contributed by atoms with Gasteiger partial charge in [0, 0.05) is 25.0 Å². The second-order valence-electron chi connectivity index (χ2n) is 6.72. The minimum Gasteiger partial charge on any atom is -0.302 e. The molecule has 0 N–H and O–H groups in total. The van der Waals surface area contributed by atoms with Crippen molar-refractivity contribution in [2.75, 3.05) is 19.6 Å². The van der Waals surface area contributed by atoms with Crippen molar-refractivity contribution < 1.29 is 0 Å². The summed E-state index contributed by atoms with van der Waals surface area (Å²) < 4.78 is 0. The molecule has 1 saturated carbocycles. The zero-order chi connectivity index (χ0) is 11.5. The molecule has 0 aromatic heterocycles. The molecule has 2 atom stereocenters. The largest absolute Gasteiger partial charge is 0.302 e. The van der Waals surface area contributed by atoms with Gasteiger partial charge in [0.05, 0.1) is 0 Å². The molecule has 1 aromatic carbocycles. The molecular weight excluding hydrogens is 206 g/mol. The van der Waals surface area contributed by atoms with Crippen LogP contribution in [0.5, 0.6) is 0 Å². The molecule has 0 spiro atoms. The molecule has 4 fully saturated rings. The van der Waals surface area contributed by atoms with Crippen molar-refractivity contribution in [2.45, 2.75) is 31.6 Å². The van der Waals surface area contributed by atoms with Crippen LogP contribution in [-0.2, 0) is 5.41 Å². The first-order valence-corrected chi connectivity index (χ1v) is 7.03. The summed E-state index contributed by atoms with van der Waals surface area (Å²) in [5.74, 6) is 1.97. The number of hydrogen-bond donors (Lipinski definition) is 0. The number of aryl methyl sites for hydroxylation is 1. The van der Waals surface area contributed by atoms with Crippen molar-refractivity contribution in [1.29, 1.82) is 0 Å². The Labute approximate surface area is 104 Å². The van der Waals surface area contributed by atoms with Crippen LogP contribution in [0.2, 0.25) is 0 Å². The fraction of sp³-hybridized carbons (Fsp3) is 0.625. The van der Waals surface area contributed by atoms with Crippen LogP contribution in [-0.4, -0.2) is 24.5 Å². The summed E-state index contributed by atoms with van der Waals surface area (Å²) in [6, 6.07) is 9.37. The average molecular weight is 227 g/mol. The van der Waals surface area contributed by atoms with Gasteiger partial charge in [-0.25, -0.2) is 0 Å². The lowest BCUT2D eigenvalue weighted by Crippen LogP contribution is -2.60. The maximum absolute atomic E-state index is 2.73. The Kier molecular flexibility index (Phi) is 2.00. The Morgan fingerprint density at radius 1 is 1.06 bits per heavy atom. The third-order valence-electron chi connectivity index (χ3n) is 5.25. The summed E-state index contributed by atoms with van der Waals surface area (Å²) in [6.07, 6.45) is 4.40. The standard InChI is InChI=1S/C16H21N/c1-12-2-4-15(5-3-12)16-7-13-6-14(8-16)10-17(9-13)11-16/h2-5,13-14H,6-11H2,1H3. The first-order valence-electron chi connectivity index (χ1n) is 7.03. The molecule has 1 heteroatoms. The van der Waals surface area contributed by atoms with Gasteiger partial charge in [0.1, 0.15) is 0 Å². The van der Waals surface area contributed by atoms with Gasteiger partial charge >= 0.3 is 0 Å². The summed E-state index contributed by atoms with van der Waals surface area (Å²) >= 11 is 0. The van der Waals surface area contributed by atoms with Crippen molar-refractivity contribution >= 4 is 0 Å². The molecule has 5 rings (SSSR count). The van der Waals surface area contributed by atoms with E-state index in [1.165, 1.54) is 44.5 Å². The van der Waals surface area contributed by atoms with Crippen molar-refractivity contribution in [1.82, 2.24) is 4.90 Å². The minimum absolute atomic E-state index is 0.512. The van der Waals surface area contributed by atoms with Crippen molar-refractivity contribution in [3.8, 4) is 0 Å². The van der Waals surface area contributed by atoms with Crippen LogP contribution >= 0.6 is 0 Å². The highest BCUT2D eigenvalue weighted by Crippen LogP contribution is 2.52.